The van der Waals surface area contributed by atoms with Crippen LogP contribution in [0.3, 0.4) is 0 Å². The molecule has 1 heterocycles. The fourth-order valence-electron chi connectivity index (χ4n) is 2.69. The molecule has 0 aliphatic rings. The molecule has 1 N–H and O–H groups in total. The van der Waals surface area contributed by atoms with Gasteiger partial charge < -0.3 is 9.73 Å². The van der Waals surface area contributed by atoms with E-state index in [0.717, 1.165) is 24.3 Å². The van der Waals surface area contributed by atoms with E-state index in [0.29, 0.717) is 0 Å². The van der Waals surface area contributed by atoms with E-state index in [9.17, 15) is 0 Å². The molecule has 0 aliphatic carbocycles. The zero-order chi connectivity index (χ0) is 14.7. The second-order valence-electron chi connectivity index (χ2n) is 5.44. The van der Waals surface area contributed by atoms with Crippen molar-refractivity contribution < 1.29 is 4.42 Å². The first-order valence-corrected chi connectivity index (χ1v) is 7.57. The van der Waals surface area contributed by atoms with Gasteiger partial charge >= 0.3 is 0 Å². The molecule has 2 nitrogen and oxygen atoms in total. The maximum Gasteiger partial charge on any atom is 0.137 e. The van der Waals surface area contributed by atoms with Gasteiger partial charge in [-0.2, -0.15) is 0 Å². The van der Waals surface area contributed by atoms with Crippen LogP contribution in [0.15, 0.2) is 59.0 Å². The number of rotatable bonds is 5. The minimum atomic E-state index is 0.109. The molecule has 3 rings (SSSR count). The molecule has 0 aliphatic heterocycles. The lowest BCUT2D eigenvalue weighted by Gasteiger charge is -2.16. The third kappa shape index (κ3) is 2.86. The van der Waals surface area contributed by atoms with Crippen molar-refractivity contribution in [1.29, 1.82) is 0 Å². The summed E-state index contributed by atoms with van der Waals surface area (Å²) in [4.78, 5) is 0. The van der Waals surface area contributed by atoms with Crippen LogP contribution in [0.2, 0.25) is 0 Å². The first-order chi connectivity index (χ1) is 10.3. The first-order valence-electron chi connectivity index (χ1n) is 7.57. The topological polar surface area (TPSA) is 25.2 Å². The Morgan fingerprint density at radius 3 is 2.57 bits per heavy atom. The highest BCUT2D eigenvalue weighted by Crippen LogP contribution is 2.29. The minimum absolute atomic E-state index is 0.109. The van der Waals surface area contributed by atoms with Crippen LogP contribution in [0.1, 0.15) is 36.3 Å². The van der Waals surface area contributed by atoms with E-state index in [1.165, 1.54) is 16.5 Å². The van der Waals surface area contributed by atoms with E-state index < -0.39 is 0 Å². The lowest BCUT2D eigenvalue weighted by atomic mass is 10.0. The normalized spacial score (nSPS) is 12.7. The molecule has 0 radical (unpaired) electrons. The molecule has 1 unspecified atom stereocenters. The van der Waals surface area contributed by atoms with Crippen LogP contribution in [0.4, 0.5) is 0 Å². The minimum Gasteiger partial charge on any atom is -0.459 e. The van der Waals surface area contributed by atoms with Crippen LogP contribution >= 0.6 is 0 Å². The molecule has 1 aromatic heterocycles. The Labute approximate surface area is 125 Å². The Hall–Kier alpha value is -2.06. The summed E-state index contributed by atoms with van der Waals surface area (Å²) >= 11 is 0. The lowest BCUT2D eigenvalue weighted by Crippen LogP contribution is -2.22. The molecule has 2 aromatic carbocycles. The van der Waals surface area contributed by atoms with Gasteiger partial charge in [0.25, 0.3) is 0 Å². The number of benzene rings is 2. The molecule has 3 aromatic rings. The Morgan fingerprint density at radius 2 is 1.86 bits per heavy atom. The maximum atomic E-state index is 6.15. The highest BCUT2D eigenvalue weighted by molar-refractivity contribution is 5.81. The van der Waals surface area contributed by atoms with Gasteiger partial charge in [0.15, 0.2) is 0 Å². The number of fused-ring (bicyclic) bond motifs is 1. The van der Waals surface area contributed by atoms with Crippen LogP contribution in [0.25, 0.3) is 11.0 Å². The molecule has 0 saturated carbocycles. The van der Waals surface area contributed by atoms with Crippen LogP contribution in [-0.4, -0.2) is 6.54 Å². The number of nitrogens with one attached hydrogen (secondary N) is 1. The van der Waals surface area contributed by atoms with E-state index in [-0.39, 0.29) is 6.04 Å². The number of hydrogen-bond donors (Lipinski definition) is 1. The van der Waals surface area contributed by atoms with Crippen LogP contribution in [-0.2, 0) is 0 Å². The van der Waals surface area contributed by atoms with Gasteiger partial charge in [0.05, 0.1) is 6.04 Å². The van der Waals surface area contributed by atoms with E-state index in [2.05, 4.69) is 67.7 Å². The first kappa shape index (κ1) is 13.9. The summed E-state index contributed by atoms with van der Waals surface area (Å²) in [6.45, 7) is 5.24. The quantitative estimate of drug-likeness (QED) is 0.723. The summed E-state index contributed by atoms with van der Waals surface area (Å²) in [6.07, 6.45) is 1.10. The fourth-order valence-corrected chi connectivity index (χ4v) is 2.69. The van der Waals surface area contributed by atoms with Gasteiger partial charge in [-0.3, -0.25) is 0 Å². The van der Waals surface area contributed by atoms with E-state index in [4.69, 9.17) is 4.42 Å². The molecule has 21 heavy (non-hydrogen) atoms. The Bertz CT molecular complexity index is 715. The van der Waals surface area contributed by atoms with E-state index in [1.807, 2.05) is 6.07 Å². The molecule has 0 fully saturated rings. The summed E-state index contributed by atoms with van der Waals surface area (Å²) < 4.78 is 6.15. The molecule has 1 atom stereocenters. The third-order valence-electron chi connectivity index (χ3n) is 3.78. The summed E-state index contributed by atoms with van der Waals surface area (Å²) in [5.74, 6) is 0.985. The number of hydrogen-bond acceptors (Lipinski definition) is 2. The van der Waals surface area contributed by atoms with Crippen LogP contribution < -0.4 is 5.32 Å². The van der Waals surface area contributed by atoms with Gasteiger partial charge in [-0.1, -0.05) is 55.5 Å². The van der Waals surface area contributed by atoms with Gasteiger partial charge in [0, 0.05) is 5.39 Å². The second-order valence-corrected chi connectivity index (χ2v) is 5.44. The molecule has 108 valence electrons. The number of aryl methyl sites for hydroxylation is 1. The number of para-hydroxylation sites is 1. The van der Waals surface area contributed by atoms with Crippen LogP contribution in [0, 0.1) is 6.92 Å². The SMILES string of the molecule is CCCNC(c1ccccc1)c1cc2cccc(C)c2o1. The molecule has 0 saturated heterocycles. The van der Waals surface area contributed by atoms with Gasteiger partial charge in [-0.15, -0.1) is 0 Å². The summed E-state index contributed by atoms with van der Waals surface area (Å²) in [6, 6.07) is 19.0. The van der Waals surface area contributed by atoms with Gasteiger partial charge in [0.1, 0.15) is 11.3 Å². The predicted octanol–water partition coefficient (Wildman–Crippen LogP) is 4.83. The van der Waals surface area contributed by atoms with E-state index >= 15 is 0 Å². The lowest BCUT2D eigenvalue weighted by molar-refractivity contribution is 0.469. The largest absolute Gasteiger partial charge is 0.459 e. The summed E-state index contributed by atoms with van der Waals surface area (Å²) in [5, 5.41) is 4.76. The van der Waals surface area contributed by atoms with Crippen molar-refractivity contribution in [2.45, 2.75) is 26.3 Å². The van der Waals surface area contributed by atoms with Crippen molar-refractivity contribution in [3.63, 3.8) is 0 Å². The Balaban J connectivity index is 2.03. The maximum absolute atomic E-state index is 6.15. The Morgan fingerprint density at radius 1 is 1.05 bits per heavy atom. The molecule has 0 amide bonds. The van der Waals surface area contributed by atoms with Crippen molar-refractivity contribution in [3.8, 4) is 0 Å². The average Bonchev–Trinajstić information content (AvgIpc) is 2.94. The van der Waals surface area contributed by atoms with Crippen molar-refractivity contribution in [1.82, 2.24) is 5.32 Å². The van der Waals surface area contributed by atoms with Gasteiger partial charge in [-0.05, 0) is 37.1 Å². The molecule has 0 bridgehead atoms. The highest BCUT2D eigenvalue weighted by atomic mass is 16.3. The molecular weight excluding hydrogens is 258 g/mol. The molecule has 2 heteroatoms. The number of furan rings is 1. The standard InChI is InChI=1S/C19H21NO/c1-3-12-20-18(15-9-5-4-6-10-15)17-13-16-11-7-8-14(2)19(16)21-17/h4-11,13,18,20H,3,12H2,1-2H3. The van der Waals surface area contributed by atoms with Crippen molar-refractivity contribution in [2.24, 2.45) is 0 Å². The van der Waals surface area contributed by atoms with E-state index in [1.54, 1.807) is 0 Å². The molecule has 0 spiro atoms. The third-order valence-corrected chi connectivity index (χ3v) is 3.78. The summed E-state index contributed by atoms with van der Waals surface area (Å²) in [5.41, 5.74) is 3.41. The van der Waals surface area contributed by atoms with Crippen LogP contribution in [0.5, 0.6) is 0 Å². The Kier molecular flexibility index (Phi) is 4.07. The predicted molar refractivity (Wildman–Crippen MR) is 87.5 cm³/mol. The zero-order valence-corrected chi connectivity index (χ0v) is 12.6. The average molecular weight is 279 g/mol. The smallest absolute Gasteiger partial charge is 0.137 e. The van der Waals surface area contributed by atoms with Crippen molar-refractivity contribution >= 4 is 11.0 Å². The van der Waals surface area contributed by atoms with Gasteiger partial charge in [0.2, 0.25) is 0 Å². The molecular formula is C19H21NO. The fraction of sp³-hybridized carbons (Fsp3) is 0.263. The second kappa shape index (κ2) is 6.15. The summed E-state index contributed by atoms with van der Waals surface area (Å²) in [7, 11) is 0. The van der Waals surface area contributed by atoms with Gasteiger partial charge in [-0.25, -0.2) is 0 Å². The monoisotopic (exact) mass is 279 g/mol. The van der Waals surface area contributed by atoms with Crippen molar-refractivity contribution in [3.05, 3.63) is 71.5 Å². The zero-order valence-electron chi connectivity index (χ0n) is 12.6. The highest BCUT2D eigenvalue weighted by Gasteiger charge is 2.18. The van der Waals surface area contributed by atoms with Crippen molar-refractivity contribution in [2.75, 3.05) is 6.54 Å².